The SMILES string of the molecule is Cc1ccc(-c2ccno2)cc1-c1cnc(CC(=O)c2snnc2C)cn1. The maximum atomic E-state index is 12.3. The molecule has 3 aromatic heterocycles. The molecule has 4 aromatic rings. The molecule has 0 amide bonds. The molecular weight excluding hydrogens is 362 g/mol. The molecule has 1 aromatic carbocycles. The molecule has 0 atom stereocenters. The first-order valence-electron chi connectivity index (χ1n) is 8.27. The molecule has 0 unspecified atom stereocenters. The number of hydrogen-bond donors (Lipinski definition) is 0. The molecule has 27 heavy (non-hydrogen) atoms. The van der Waals surface area contributed by atoms with Gasteiger partial charge in [0.15, 0.2) is 11.5 Å². The van der Waals surface area contributed by atoms with Crippen molar-refractivity contribution in [1.82, 2.24) is 24.7 Å². The first-order valence-corrected chi connectivity index (χ1v) is 9.04. The highest BCUT2D eigenvalue weighted by atomic mass is 32.1. The highest BCUT2D eigenvalue weighted by molar-refractivity contribution is 7.08. The van der Waals surface area contributed by atoms with Crippen LogP contribution >= 0.6 is 11.5 Å². The number of rotatable bonds is 5. The Labute approximate surface area is 159 Å². The van der Waals surface area contributed by atoms with E-state index in [1.165, 1.54) is 0 Å². The highest BCUT2D eigenvalue weighted by Crippen LogP contribution is 2.28. The predicted molar refractivity (Wildman–Crippen MR) is 100 cm³/mol. The zero-order valence-electron chi connectivity index (χ0n) is 14.7. The van der Waals surface area contributed by atoms with E-state index in [1.54, 1.807) is 25.5 Å². The molecule has 0 spiro atoms. The van der Waals surface area contributed by atoms with Gasteiger partial charge in [-0.1, -0.05) is 21.8 Å². The second-order valence-corrected chi connectivity index (χ2v) is 6.84. The number of aromatic nitrogens is 5. The van der Waals surface area contributed by atoms with Gasteiger partial charge in [0, 0.05) is 23.4 Å². The number of aryl methyl sites for hydroxylation is 2. The molecule has 8 heteroatoms. The maximum absolute atomic E-state index is 12.3. The Morgan fingerprint density at radius 2 is 2.04 bits per heavy atom. The van der Waals surface area contributed by atoms with Gasteiger partial charge in [-0.05, 0) is 37.0 Å². The van der Waals surface area contributed by atoms with Crippen LogP contribution in [0.3, 0.4) is 0 Å². The first-order chi connectivity index (χ1) is 13.1. The number of nitrogens with zero attached hydrogens (tertiary/aromatic N) is 5. The largest absolute Gasteiger partial charge is 0.356 e. The van der Waals surface area contributed by atoms with E-state index in [-0.39, 0.29) is 12.2 Å². The number of carbonyl (C=O) groups is 1. The van der Waals surface area contributed by atoms with E-state index >= 15 is 0 Å². The second-order valence-electron chi connectivity index (χ2n) is 6.09. The van der Waals surface area contributed by atoms with E-state index in [9.17, 15) is 4.79 Å². The summed E-state index contributed by atoms with van der Waals surface area (Å²) in [6.45, 7) is 3.79. The minimum atomic E-state index is -0.0481. The van der Waals surface area contributed by atoms with E-state index < -0.39 is 0 Å². The molecule has 0 aliphatic carbocycles. The van der Waals surface area contributed by atoms with Crippen LogP contribution < -0.4 is 0 Å². The van der Waals surface area contributed by atoms with Crippen molar-refractivity contribution in [3.05, 3.63) is 64.7 Å². The summed E-state index contributed by atoms with van der Waals surface area (Å²) in [4.78, 5) is 21.8. The van der Waals surface area contributed by atoms with Crippen molar-refractivity contribution in [3.8, 4) is 22.6 Å². The maximum Gasteiger partial charge on any atom is 0.182 e. The summed E-state index contributed by atoms with van der Waals surface area (Å²) in [5.41, 5.74) is 4.94. The van der Waals surface area contributed by atoms with E-state index in [4.69, 9.17) is 4.52 Å². The molecule has 7 nitrogen and oxygen atoms in total. The highest BCUT2D eigenvalue weighted by Gasteiger charge is 2.15. The summed E-state index contributed by atoms with van der Waals surface area (Å²) >= 11 is 1.11. The molecule has 0 aliphatic heterocycles. The van der Waals surface area contributed by atoms with Gasteiger partial charge in [-0.3, -0.25) is 14.8 Å². The molecule has 0 aliphatic rings. The first kappa shape index (κ1) is 17.2. The van der Waals surface area contributed by atoms with E-state index in [2.05, 4.69) is 24.7 Å². The Bertz CT molecular complexity index is 1090. The molecule has 0 bridgehead atoms. The van der Waals surface area contributed by atoms with Gasteiger partial charge in [0.25, 0.3) is 0 Å². The average Bonchev–Trinajstić information content (AvgIpc) is 3.35. The van der Waals surface area contributed by atoms with Crippen molar-refractivity contribution in [2.45, 2.75) is 20.3 Å². The van der Waals surface area contributed by atoms with Gasteiger partial charge in [0.05, 0.1) is 35.9 Å². The topological polar surface area (TPSA) is 94.7 Å². The molecule has 0 saturated heterocycles. The van der Waals surface area contributed by atoms with Crippen LogP contribution in [0.25, 0.3) is 22.6 Å². The predicted octanol–water partition coefficient (Wildman–Crippen LogP) is 3.69. The third-order valence-electron chi connectivity index (χ3n) is 4.19. The minimum absolute atomic E-state index is 0.0481. The van der Waals surface area contributed by atoms with Crippen molar-refractivity contribution in [3.63, 3.8) is 0 Å². The lowest BCUT2D eigenvalue weighted by molar-refractivity contribution is 0.0995. The molecule has 3 heterocycles. The number of benzene rings is 1. The molecule has 0 saturated carbocycles. The fourth-order valence-electron chi connectivity index (χ4n) is 2.73. The van der Waals surface area contributed by atoms with Crippen LogP contribution in [-0.2, 0) is 6.42 Å². The number of carbonyl (C=O) groups excluding carboxylic acids is 1. The van der Waals surface area contributed by atoms with E-state index in [0.717, 1.165) is 33.9 Å². The number of hydrogen-bond acceptors (Lipinski definition) is 8. The van der Waals surface area contributed by atoms with Crippen molar-refractivity contribution >= 4 is 17.3 Å². The molecule has 0 N–H and O–H groups in total. The van der Waals surface area contributed by atoms with Crippen LogP contribution in [0.15, 0.2) is 47.4 Å². The lowest BCUT2D eigenvalue weighted by atomic mass is 10.0. The Morgan fingerprint density at radius 1 is 1.15 bits per heavy atom. The minimum Gasteiger partial charge on any atom is -0.356 e. The smallest absolute Gasteiger partial charge is 0.182 e. The van der Waals surface area contributed by atoms with Crippen LogP contribution in [0.4, 0.5) is 0 Å². The van der Waals surface area contributed by atoms with Crippen LogP contribution in [0.5, 0.6) is 0 Å². The Hall–Kier alpha value is -3.26. The lowest BCUT2D eigenvalue weighted by Crippen LogP contribution is -2.05. The number of ketones is 1. The van der Waals surface area contributed by atoms with Crippen LogP contribution in [0.1, 0.15) is 26.6 Å². The second kappa shape index (κ2) is 7.16. The summed E-state index contributed by atoms with van der Waals surface area (Å²) in [5.74, 6) is 0.646. The zero-order chi connectivity index (χ0) is 18.8. The van der Waals surface area contributed by atoms with Crippen molar-refractivity contribution in [2.24, 2.45) is 0 Å². The summed E-state index contributed by atoms with van der Waals surface area (Å²) in [5, 5.41) is 7.62. The van der Waals surface area contributed by atoms with Crippen LogP contribution in [-0.4, -0.2) is 30.5 Å². The fourth-order valence-corrected chi connectivity index (χ4v) is 3.32. The molecular formula is C19H15N5O2S. The van der Waals surface area contributed by atoms with Gasteiger partial charge in [0.2, 0.25) is 0 Å². The molecule has 0 fully saturated rings. The van der Waals surface area contributed by atoms with Crippen molar-refractivity contribution < 1.29 is 9.32 Å². The quantitative estimate of drug-likeness (QED) is 0.489. The summed E-state index contributed by atoms with van der Waals surface area (Å²) in [7, 11) is 0. The third-order valence-corrected chi connectivity index (χ3v) is 5.06. The van der Waals surface area contributed by atoms with Crippen molar-refractivity contribution in [1.29, 1.82) is 0 Å². The average molecular weight is 377 g/mol. The molecule has 4 rings (SSSR count). The van der Waals surface area contributed by atoms with Gasteiger partial charge >= 0.3 is 0 Å². The monoisotopic (exact) mass is 377 g/mol. The Kier molecular flexibility index (Phi) is 4.55. The van der Waals surface area contributed by atoms with Gasteiger partial charge in [-0.25, -0.2) is 0 Å². The lowest BCUT2D eigenvalue weighted by Gasteiger charge is -2.07. The third kappa shape index (κ3) is 3.52. The number of Topliss-reactive ketones (excluding diaryl/α,β-unsaturated/α-hetero) is 1. The fraction of sp³-hybridized carbons (Fsp3) is 0.158. The van der Waals surface area contributed by atoms with Gasteiger partial charge in [-0.2, -0.15) is 0 Å². The van der Waals surface area contributed by atoms with Gasteiger partial charge in [0.1, 0.15) is 4.88 Å². The van der Waals surface area contributed by atoms with Gasteiger partial charge < -0.3 is 4.52 Å². The Morgan fingerprint density at radius 3 is 2.70 bits per heavy atom. The summed E-state index contributed by atoms with van der Waals surface area (Å²) < 4.78 is 9.03. The van der Waals surface area contributed by atoms with Crippen LogP contribution in [0.2, 0.25) is 0 Å². The standard InChI is InChI=1S/C19H15N5O2S/c1-11-3-4-13(18-5-6-22-26-18)7-15(11)16-10-20-14(9-21-16)8-17(25)19-12(2)23-24-27-19/h3-7,9-10H,8H2,1-2H3. The summed E-state index contributed by atoms with van der Waals surface area (Å²) in [6, 6.07) is 7.79. The summed E-state index contributed by atoms with van der Waals surface area (Å²) in [6.07, 6.45) is 5.11. The van der Waals surface area contributed by atoms with Gasteiger partial charge in [-0.15, -0.1) is 5.10 Å². The molecule has 134 valence electrons. The normalized spacial score (nSPS) is 10.9. The van der Waals surface area contributed by atoms with Crippen molar-refractivity contribution in [2.75, 3.05) is 0 Å². The van der Waals surface area contributed by atoms with Crippen LogP contribution in [0, 0.1) is 13.8 Å². The molecule has 0 radical (unpaired) electrons. The van der Waals surface area contributed by atoms with E-state index in [1.807, 2.05) is 31.2 Å². The zero-order valence-corrected chi connectivity index (χ0v) is 15.5. The Balaban J connectivity index is 1.58. The van der Waals surface area contributed by atoms with E-state index in [0.29, 0.717) is 22.0 Å².